The summed E-state index contributed by atoms with van der Waals surface area (Å²) in [6.45, 7) is 6.20. The van der Waals surface area contributed by atoms with Gasteiger partial charge in [0.1, 0.15) is 0 Å². The molecule has 0 fully saturated rings. The number of carbonyl (C=O) groups is 1. The molecule has 20 heavy (non-hydrogen) atoms. The Bertz CT molecular complexity index is 517. The number of rotatable bonds is 6. The summed E-state index contributed by atoms with van der Waals surface area (Å²) in [6.07, 6.45) is 0. The Labute approximate surface area is 116 Å². The Kier molecular flexibility index (Phi) is 5.15. The zero-order valence-electron chi connectivity index (χ0n) is 11.6. The Balaban J connectivity index is 2.78. The highest BCUT2D eigenvalue weighted by molar-refractivity contribution is 5.94. The van der Waals surface area contributed by atoms with Crippen molar-refractivity contribution in [3.8, 4) is 0 Å². The summed E-state index contributed by atoms with van der Waals surface area (Å²) in [6, 6.07) is 3.02. The molecule has 1 aromatic rings. The molecule has 1 rings (SSSR count). The largest absolute Gasteiger partial charge is 0.374 e. The van der Waals surface area contributed by atoms with E-state index in [0.717, 1.165) is 12.1 Å². The molecule has 0 heterocycles. The van der Waals surface area contributed by atoms with Crippen LogP contribution in [0.15, 0.2) is 18.2 Å². The molecule has 0 atom stereocenters. The molecule has 0 aliphatic heterocycles. The minimum Gasteiger partial charge on any atom is -0.374 e. The Morgan fingerprint density at radius 3 is 2.70 bits per heavy atom. The van der Waals surface area contributed by atoms with Crippen molar-refractivity contribution in [1.29, 1.82) is 0 Å². The fourth-order valence-corrected chi connectivity index (χ4v) is 1.63. The molecular weight excluding hydrogens is 267 g/mol. The lowest BCUT2D eigenvalue weighted by atomic mass is 10.1. The number of carbonyl (C=O) groups excluding carboxylic acids is 1. The minimum absolute atomic E-state index is 0.0328. The Morgan fingerprint density at radius 1 is 1.50 bits per heavy atom. The van der Waals surface area contributed by atoms with Crippen LogP contribution in [0.3, 0.4) is 0 Å². The molecule has 0 aliphatic rings. The van der Waals surface area contributed by atoms with Crippen LogP contribution in [0.5, 0.6) is 0 Å². The van der Waals surface area contributed by atoms with E-state index in [1.165, 1.54) is 6.07 Å². The predicted octanol–water partition coefficient (Wildman–Crippen LogP) is 2.28. The maximum Gasteiger partial charge on any atom is 0.305 e. The van der Waals surface area contributed by atoms with Crippen molar-refractivity contribution in [1.82, 2.24) is 5.32 Å². The van der Waals surface area contributed by atoms with Crippen LogP contribution in [0.2, 0.25) is 0 Å². The van der Waals surface area contributed by atoms with Crippen LogP contribution in [0, 0.1) is 15.9 Å². The third-order valence-corrected chi connectivity index (χ3v) is 2.61. The second-order valence-electron chi connectivity index (χ2n) is 4.80. The van der Waals surface area contributed by atoms with E-state index in [1.807, 2.05) is 20.8 Å². The SMILES string of the molecule is CCOC(C)(C)CNC(=O)c1ccc(F)c([N+](=O)[O-])c1. The molecule has 110 valence electrons. The number of nitro benzene ring substituents is 1. The van der Waals surface area contributed by atoms with Crippen LogP contribution in [-0.2, 0) is 4.74 Å². The van der Waals surface area contributed by atoms with Crippen molar-refractivity contribution in [2.45, 2.75) is 26.4 Å². The maximum absolute atomic E-state index is 13.2. The average Bonchev–Trinajstić information content (AvgIpc) is 2.36. The van der Waals surface area contributed by atoms with Gasteiger partial charge < -0.3 is 10.1 Å². The molecule has 0 spiro atoms. The fourth-order valence-electron chi connectivity index (χ4n) is 1.63. The predicted molar refractivity (Wildman–Crippen MR) is 71.1 cm³/mol. The number of ether oxygens (including phenoxy) is 1. The van der Waals surface area contributed by atoms with Gasteiger partial charge in [-0.3, -0.25) is 14.9 Å². The van der Waals surface area contributed by atoms with Crippen molar-refractivity contribution in [3.63, 3.8) is 0 Å². The van der Waals surface area contributed by atoms with Gasteiger partial charge in [0.25, 0.3) is 5.91 Å². The summed E-state index contributed by atoms with van der Waals surface area (Å²) in [5.41, 5.74) is -1.23. The maximum atomic E-state index is 13.2. The molecule has 7 heteroatoms. The van der Waals surface area contributed by atoms with Crippen LogP contribution in [0.1, 0.15) is 31.1 Å². The highest BCUT2D eigenvalue weighted by Crippen LogP contribution is 2.18. The van der Waals surface area contributed by atoms with E-state index in [2.05, 4.69) is 5.32 Å². The molecular formula is C13H17FN2O4. The molecule has 0 aromatic heterocycles. The Hall–Kier alpha value is -2.02. The lowest BCUT2D eigenvalue weighted by Gasteiger charge is -2.24. The van der Waals surface area contributed by atoms with E-state index < -0.39 is 27.9 Å². The van der Waals surface area contributed by atoms with Crippen molar-refractivity contribution in [2.24, 2.45) is 0 Å². The molecule has 6 nitrogen and oxygen atoms in total. The zero-order chi connectivity index (χ0) is 15.3. The van der Waals surface area contributed by atoms with Gasteiger partial charge in [-0.15, -0.1) is 0 Å². The molecule has 0 bridgehead atoms. The van der Waals surface area contributed by atoms with E-state index >= 15 is 0 Å². The highest BCUT2D eigenvalue weighted by atomic mass is 19.1. The normalized spacial score (nSPS) is 11.2. The quantitative estimate of drug-likeness (QED) is 0.641. The lowest BCUT2D eigenvalue weighted by molar-refractivity contribution is -0.387. The first-order chi connectivity index (χ1) is 9.26. The summed E-state index contributed by atoms with van der Waals surface area (Å²) in [7, 11) is 0. The monoisotopic (exact) mass is 284 g/mol. The summed E-state index contributed by atoms with van der Waals surface area (Å²) in [5, 5.41) is 13.2. The van der Waals surface area contributed by atoms with Crippen molar-refractivity contribution < 1.29 is 18.8 Å². The summed E-state index contributed by atoms with van der Waals surface area (Å²) >= 11 is 0. The second-order valence-corrected chi connectivity index (χ2v) is 4.80. The third kappa shape index (κ3) is 4.27. The van der Waals surface area contributed by atoms with Gasteiger partial charge in [0.15, 0.2) is 0 Å². The van der Waals surface area contributed by atoms with Gasteiger partial charge in [-0.05, 0) is 32.9 Å². The van der Waals surface area contributed by atoms with Crippen molar-refractivity contribution >= 4 is 11.6 Å². The van der Waals surface area contributed by atoms with Crippen LogP contribution in [-0.4, -0.2) is 29.6 Å². The highest BCUT2D eigenvalue weighted by Gasteiger charge is 2.21. The average molecular weight is 284 g/mol. The van der Waals surface area contributed by atoms with Gasteiger partial charge in [-0.1, -0.05) is 0 Å². The summed E-state index contributed by atoms with van der Waals surface area (Å²) < 4.78 is 18.6. The first-order valence-electron chi connectivity index (χ1n) is 6.13. The Morgan fingerprint density at radius 2 is 2.15 bits per heavy atom. The lowest BCUT2D eigenvalue weighted by Crippen LogP contribution is -2.40. The fraction of sp³-hybridized carbons (Fsp3) is 0.462. The van der Waals surface area contributed by atoms with Crippen LogP contribution < -0.4 is 5.32 Å². The minimum atomic E-state index is -0.971. The molecule has 1 amide bonds. The molecule has 1 N–H and O–H groups in total. The number of hydrogen-bond donors (Lipinski definition) is 1. The molecule has 0 saturated heterocycles. The smallest absolute Gasteiger partial charge is 0.305 e. The van der Waals surface area contributed by atoms with Gasteiger partial charge in [0.2, 0.25) is 5.82 Å². The number of amides is 1. The number of nitrogens with zero attached hydrogens (tertiary/aromatic N) is 1. The molecule has 1 aromatic carbocycles. The van der Waals surface area contributed by atoms with Gasteiger partial charge in [0, 0.05) is 24.8 Å². The molecule has 0 aliphatic carbocycles. The number of nitrogens with one attached hydrogen (secondary N) is 1. The zero-order valence-corrected chi connectivity index (χ0v) is 11.6. The number of nitro groups is 1. The van der Waals surface area contributed by atoms with Gasteiger partial charge in [-0.2, -0.15) is 4.39 Å². The van der Waals surface area contributed by atoms with E-state index in [-0.39, 0.29) is 12.1 Å². The standard InChI is InChI=1S/C13H17FN2O4/c1-4-20-13(2,3)8-15-12(17)9-5-6-10(14)11(7-9)16(18)19/h5-7H,4,8H2,1-3H3,(H,15,17). The van der Waals surface area contributed by atoms with Crippen molar-refractivity contribution in [2.75, 3.05) is 13.2 Å². The number of hydrogen-bond acceptors (Lipinski definition) is 4. The van der Waals surface area contributed by atoms with Gasteiger partial charge in [-0.25, -0.2) is 0 Å². The first-order valence-corrected chi connectivity index (χ1v) is 6.13. The van der Waals surface area contributed by atoms with Crippen LogP contribution in [0.4, 0.5) is 10.1 Å². The molecule has 0 unspecified atom stereocenters. The summed E-state index contributed by atoms with van der Waals surface area (Å²) in [4.78, 5) is 21.6. The van der Waals surface area contributed by atoms with Gasteiger partial charge >= 0.3 is 5.69 Å². The second kappa shape index (κ2) is 6.42. The third-order valence-electron chi connectivity index (χ3n) is 2.61. The van der Waals surface area contributed by atoms with E-state index in [0.29, 0.717) is 6.61 Å². The van der Waals surface area contributed by atoms with Gasteiger partial charge in [0.05, 0.1) is 10.5 Å². The molecule has 0 radical (unpaired) electrons. The van der Waals surface area contributed by atoms with E-state index in [1.54, 1.807) is 0 Å². The number of halogens is 1. The van der Waals surface area contributed by atoms with Crippen LogP contribution >= 0.6 is 0 Å². The number of benzene rings is 1. The molecule has 0 saturated carbocycles. The topological polar surface area (TPSA) is 81.5 Å². The first kappa shape index (κ1) is 16.0. The van der Waals surface area contributed by atoms with Crippen LogP contribution in [0.25, 0.3) is 0 Å². The van der Waals surface area contributed by atoms with Crippen molar-refractivity contribution in [3.05, 3.63) is 39.7 Å². The summed E-state index contributed by atoms with van der Waals surface area (Å²) in [5.74, 6) is -1.48. The van der Waals surface area contributed by atoms with E-state index in [4.69, 9.17) is 4.74 Å². The van der Waals surface area contributed by atoms with E-state index in [9.17, 15) is 19.3 Å².